The molecule has 1 amide bonds. The molecule has 0 radical (unpaired) electrons. The lowest BCUT2D eigenvalue weighted by Gasteiger charge is -1.96. The molecule has 4 heteroatoms. The molecule has 15 heavy (non-hydrogen) atoms. The molecule has 0 saturated carbocycles. The van der Waals surface area contributed by atoms with E-state index in [1.807, 2.05) is 28.3 Å². The summed E-state index contributed by atoms with van der Waals surface area (Å²) in [6.45, 7) is 0.777. The fraction of sp³-hybridized carbons (Fsp3) is 0.0909. The molecule has 0 spiro atoms. The average molecular weight is 219 g/mol. The van der Waals surface area contributed by atoms with Crippen molar-refractivity contribution in [2.75, 3.05) is 0 Å². The monoisotopic (exact) mass is 219 g/mol. The number of carbonyl (C=O) groups excluding carboxylic acids is 1. The molecule has 3 nitrogen and oxygen atoms in total. The number of thiophene rings is 1. The second-order valence-corrected chi connectivity index (χ2v) is 4.24. The van der Waals surface area contributed by atoms with Crippen LogP contribution < -0.4 is 10.3 Å². The topological polar surface area (TPSA) is 47.0 Å². The van der Waals surface area contributed by atoms with Crippen molar-refractivity contribution in [3.8, 4) is 0 Å². The van der Waals surface area contributed by atoms with Crippen molar-refractivity contribution in [3.05, 3.63) is 52.5 Å². The van der Waals surface area contributed by atoms with Gasteiger partial charge in [0.1, 0.15) is 5.56 Å². The van der Waals surface area contributed by atoms with Crippen LogP contribution in [0.4, 0.5) is 0 Å². The predicted molar refractivity (Wildman–Crippen MR) is 58.6 cm³/mol. The summed E-state index contributed by atoms with van der Waals surface area (Å²) in [6.07, 6.45) is 3.69. The largest absolute Gasteiger partial charge is 0.365 e. The van der Waals surface area contributed by atoms with Crippen LogP contribution in [0.5, 0.6) is 0 Å². The van der Waals surface area contributed by atoms with E-state index in [0.717, 1.165) is 6.54 Å². The lowest BCUT2D eigenvalue weighted by molar-refractivity contribution is -0.687. The number of nitrogens with zero attached hydrogens (tertiary/aromatic N) is 1. The van der Waals surface area contributed by atoms with Crippen molar-refractivity contribution in [1.82, 2.24) is 0 Å². The maximum absolute atomic E-state index is 11.0. The van der Waals surface area contributed by atoms with Gasteiger partial charge in [-0.2, -0.15) is 4.57 Å². The molecule has 0 bridgehead atoms. The van der Waals surface area contributed by atoms with E-state index in [-0.39, 0.29) is 0 Å². The first kappa shape index (κ1) is 9.86. The highest BCUT2D eigenvalue weighted by Crippen LogP contribution is 2.07. The Hall–Kier alpha value is -1.68. The zero-order chi connectivity index (χ0) is 10.7. The molecule has 2 heterocycles. The summed E-state index contributed by atoms with van der Waals surface area (Å²) in [7, 11) is 0. The van der Waals surface area contributed by atoms with E-state index in [9.17, 15) is 4.79 Å². The quantitative estimate of drug-likeness (QED) is 0.774. The molecule has 2 N–H and O–H groups in total. The van der Waals surface area contributed by atoms with E-state index >= 15 is 0 Å². The van der Waals surface area contributed by atoms with Crippen LogP contribution >= 0.6 is 11.3 Å². The summed E-state index contributed by atoms with van der Waals surface area (Å²) in [5.41, 5.74) is 5.74. The number of hydrogen-bond donors (Lipinski definition) is 1. The van der Waals surface area contributed by atoms with Crippen molar-refractivity contribution in [1.29, 1.82) is 0 Å². The minimum atomic E-state index is -0.393. The maximum atomic E-state index is 11.0. The number of rotatable bonds is 3. The van der Waals surface area contributed by atoms with Crippen molar-refractivity contribution in [2.24, 2.45) is 5.73 Å². The van der Waals surface area contributed by atoms with Gasteiger partial charge < -0.3 is 5.73 Å². The fourth-order valence-corrected chi connectivity index (χ4v) is 2.06. The number of carbonyl (C=O) groups is 1. The first-order valence-corrected chi connectivity index (χ1v) is 5.45. The summed E-state index contributed by atoms with van der Waals surface area (Å²) in [5.74, 6) is -0.393. The van der Waals surface area contributed by atoms with Gasteiger partial charge in [0.25, 0.3) is 5.91 Å². The van der Waals surface area contributed by atoms with Crippen LogP contribution in [0.2, 0.25) is 0 Å². The molecule has 0 aromatic carbocycles. The second-order valence-electron chi connectivity index (χ2n) is 3.21. The molecule has 0 aliphatic heterocycles. The third-order valence-electron chi connectivity index (χ3n) is 2.06. The number of primary amides is 1. The SMILES string of the molecule is NC(=O)c1ccc[n+](Cc2cccs2)c1. The van der Waals surface area contributed by atoms with E-state index in [0.29, 0.717) is 5.56 Å². The van der Waals surface area contributed by atoms with Gasteiger partial charge in [-0.25, -0.2) is 0 Å². The van der Waals surface area contributed by atoms with Gasteiger partial charge >= 0.3 is 0 Å². The van der Waals surface area contributed by atoms with Gasteiger partial charge in [0.05, 0.1) is 4.88 Å². The van der Waals surface area contributed by atoms with E-state index in [1.165, 1.54) is 4.88 Å². The number of pyridine rings is 1. The van der Waals surface area contributed by atoms with E-state index in [4.69, 9.17) is 5.73 Å². The maximum Gasteiger partial charge on any atom is 0.254 e. The molecular formula is C11H11N2OS+. The summed E-state index contributed by atoms with van der Waals surface area (Å²) < 4.78 is 1.95. The van der Waals surface area contributed by atoms with Crippen LogP contribution in [0.3, 0.4) is 0 Å². The van der Waals surface area contributed by atoms with Crippen LogP contribution in [0.1, 0.15) is 15.2 Å². The number of nitrogens with two attached hydrogens (primary N) is 1. The summed E-state index contributed by atoms with van der Waals surface area (Å²) in [5, 5.41) is 2.04. The van der Waals surface area contributed by atoms with E-state index in [1.54, 1.807) is 23.6 Å². The fourth-order valence-electron chi connectivity index (χ4n) is 1.35. The summed E-state index contributed by atoms with van der Waals surface area (Å²) in [4.78, 5) is 12.2. The Morgan fingerprint density at radius 1 is 1.40 bits per heavy atom. The van der Waals surface area contributed by atoms with E-state index in [2.05, 4.69) is 6.07 Å². The molecular weight excluding hydrogens is 208 g/mol. The van der Waals surface area contributed by atoms with Crippen LogP contribution in [0, 0.1) is 0 Å². The Balaban J connectivity index is 2.22. The first-order valence-electron chi connectivity index (χ1n) is 4.57. The highest BCUT2D eigenvalue weighted by atomic mass is 32.1. The molecule has 0 aliphatic rings. The highest BCUT2D eigenvalue weighted by Gasteiger charge is 2.07. The molecule has 76 valence electrons. The standard InChI is InChI=1S/C11H10N2OS/c12-11(14)9-3-1-5-13(7-9)8-10-4-2-6-15-10/h1-7H,8H2,(H-,12,14)/p+1. The predicted octanol–water partition coefficient (Wildman–Crippen LogP) is 1.18. The summed E-state index contributed by atoms with van der Waals surface area (Å²) >= 11 is 1.69. The van der Waals surface area contributed by atoms with E-state index < -0.39 is 5.91 Å². The molecule has 2 aromatic rings. The molecule has 0 atom stereocenters. The number of amides is 1. The Bertz CT molecular complexity index is 465. The Morgan fingerprint density at radius 2 is 2.27 bits per heavy atom. The Kier molecular flexibility index (Phi) is 2.78. The first-order chi connectivity index (χ1) is 7.25. The molecule has 0 fully saturated rings. The third kappa shape index (κ3) is 2.41. The molecule has 0 saturated heterocycles. The van der Waals surface area contributed by atoms with Crippen molar-refractivity contribution in [3.63, 3.8) is 0 Å². The normalized spacial score (nSPS) is 10.1. The molecule has 2 aromatic heterocycles. The zero-order valence-corrected chi connectivity index (χ0v) is 8.91. The van der Waals surface area contributed by atoms with Crippen LogP contribution in [0.25, 0.3) is 0 Å². The molecule has 0 unspecified atom stereocenters. The van der Waals surface area contributed by atoms with Gasteiger partial charge in [0, 0.05) is 6.07 Å². The highest BCUT2D eigenvalue weighted by molar-refractivity contribution is 7.09. The molecule has 2 rings (SSSR count). The van der Waals surface area contributed by atoms with Crippen LogP contribution in [-0.4, -0.2) is 5.91 Å². The zero-order valence-electron chi connectivity index (χ0n) is 8.09. The third-order valence-corrected chi connectivity index (χ3v) is 2.92. The van der Waals surface area contributed by atoms with Gasteiger partial charge in [-0.1, -0.05) is 6.07 Å². The summed E-state index contributed by atoms with van der Waals surface area (Å²) in [6, 6.07) is 7.62. The lowest BCUT2D eigenvalue weighted by atomic mass is 10.3. The number of hydrogen-bond acceptors (Lipinski definition) is 2. The molecule has 0 aliphatic carbocycles. The minimum Gasteiger partial charge on any atom is -0.365 e. The van der Waals surface area contributed by atoms with Crippen molar-refractivity contribution < 1.29 is 9.36 Å². The smallest absolute Gasteiger partial charge is 0.254 e. The Morgan fingerprint density at radius 3 is 2.93 bits per heavy atom. The average Bonchev–Trinajstić information content (AvgIpc) is 2.71. The number of aromatic nitrogens is 1. The van der Waals surface area contributed by atoms with Crippen molar-refractivity contribution >= 4 is 17.2 Å². The van der Waals surface area contributed by atoms with Gasteiger partial charge in [-0.3, -0.25) is 4.79 Å². The second kappa shape index (κ2) is 4.23. The van der Waals surface area contributed by atoms with Gasteiger partial charge in [-0.05, 0) is 17.5 Å². The minimum absolute atomic E-state index is 0.393. The van der Waals surface area contributed by atoms with Crippen molar-refractivity contribution in [2.45, 2.75) is 6.54 Å². The van der Waals surface area contributed by atoms with Crippen LogP contribution in [0.15, 0.2) is 42.0 Å². The lowest BCUT2D eigenvalue weighted by Crippen LogP contribution is -2.34. The van der Waals surface area contributed by atoms with Gasteiger partial charge in [0.2, 0.25) is 0 Å². The van der Waals surface area contributed by atoms with Gasteiger partial charge in [0.15, 0.2) is 18.9 Å². The van der Waals surface area contributed by atoms with Crippen LogP contribution in [-0.2, 0) is 6.54 Å². The van der Waals surface area contributed by atoms with Gasteiger partial charge in [-0.15, -0.1) is 11.3 Å². The Labute approximate surface area is 91.8 Å².